The Balaban J connectivity index is 1.59. The van der Waals surface area contributed by atoms with E-state index in [1.54, 1.807) is 25.2 Å². The summed E-state index contributed by atoms with van der Waals surface area (Å²) in [6.45, 7) is 2.39. The minimum atomic E-state index is -1.68. The van der Waals surface area contributed by atoms with Gasteiger partial charge in [-0.2, -0.15) is 0 Å². The summed E-state index contributed by atoms with van der Waals surface area (Å²) >= 11 is 6.18. The van der Waals surface area contributed by atoms with Gasteiger partial charge >= 0.3 is 0 Å². The molecule has 2 heterocycles. The molecule has 0 atom stereocenters. The Bertz CT molecular complexity index is 1490. The highest BCUT2D eigenvalue weighted by Gasteiger charge is 2.39. The van der Waals surface area contributed by atoms with Gasteiger partial charge in [0.1, 0.15) is 36.8 Å². The normalized spacial score (nSPS) is 13.0. The highest BCUT2D eigenvalue weighted by molar-refractivity contribution is 6.31. The van der Waals surface area contributed by atoms with Crippen molar-refractivity contribution < 1.29 is 28.2 Å². The molecule has 0 saturated carbocycles. The maximum absolute atomic E-state index is 13.9. The molecule has 39 heavy (non-hydrogen) atoms. The van der Waals surface area contributed by atoms with E-state index in [2.05, 4.69) is 10.3 Å². The number of carbonyl (C=O) groups is 2. The quantitative estimate of drug-likeness (QED) is 0.434. The van der Waals surface area contributed by atoms with Gasteiger partial charge in [-0.25, -0.2) is 13.8 Å². The van der Waals surface area contributed by atoms with E-state index in [1.807, 2.05) is 0 Å². The van der Waals surface area contributed by atoms with E-state index in [-0.39, 0.29) is 48.7 Å². The number of nitrogens with one attached hydrogen (secondary N) is 1. The molecule has 0 radical (unpaired) electrons. The van der Waals surface area contributed by atoms with Crippen molar-refractivity contribution in [2.24, 2.45) is 0 Å². The smallest absolute Gasteiger partial charge is 0.276 e. The van der Waals surface area contributed by atoms with Crippen LogP contribution in [0.2, 0.25) is 5.02 Å². The van der Waals surface area contributed by atoms with Crippen LogP contribution in [0.5, 0.6) is 5.88 Å². The number of aromatic nitrogens is 2. The Hall–Kier alpha value is -3.87. The molecule has 13 heteroatoms. The van der Waals surface area contributed by atoms with Crippen LogP contribution in [0.4, 0.5) is 20.2 Å². The predicted molar refractivity (Wildman–Crippen MR) is 140 cm³/mol. The van der Waals surface area contributed by atoms with E-state index in [1.165, 1.54) is 40.6 Å². The minimum Gasteiger partial charge on any atom is -0.471 e. The van der Waals surface area contributed by atoms with Crippen LogP contribution in [0.1, 0.15) is 25.0 Å². The molecular formula is C26H26ClF2N5O5. The zero-order valence-corrected chi connectivity index (χ0v) is 22.1. The lowest BCUT2D eigenvalue weighted by molar-refractivity contribution is -0.133. The zero-order chi connectivity index (χ0) is 28.5. The molecular weight excluding hydrogens is 536 g/mol. The summed E-state index contributed by atoms with van der Waals surface area (Å²) in [5.41, 5.74) is -0.779. The first-order valence-corrected chi connectivity index (χ1v) is 12.2. The van der Waals surface area contributed by atoms with Crippen LogP contribution in [-0.2, 0) is 22.7 Å². The summed E-state index contributed by atoms with van der Waals surface area (Å²) in [4.78, 5) is 45.3. The molecule has 4 rings (SSSR count). The lowest BCUT2D eigenvalue weighted by Gasteiger charge is -2.25. The van der Waals surface area contributed by atoms with Crippen LogP contribution in [0, 0.1) is 11.6 Å². The van der Waals surface area contributed by atoms with Crippen LogP contribution in [-0.4, -0.2) is 52.3 Å². The van der Waals surface area contributed by atoms with Crippen molar-refractivity contribution in [2.45, 2.75) is 32.6 Å². The second kappa shape index (κ2) is 11.1. The second-order valence-corrected chi connectivity index (χ2v) is 9.81. The van der Waals surface area contributed by atoms with Gasteiger partial charge in [0.15, 0.2) is 5.02 Å². The predicted octanol–water partition coefficient (Wildman–Crippen LogP) is 2.43. The lowest BCUT2D eigenvalue weighted by Crippen LogP contribution is -2.48. The monoisotopic (exact) mass is 561 g/mol. The topological polar surface area (TPSA) is 117 Å². The molecule has 1 aliphatic rings. The van der Waals surface area contributed by atoms with Crippen LogP contribution in [0.25, 0.3) is 0 Å². The van der Waals surface area contributed by atoms with E-state index >= 15 is 0 Å². The van der Waals surface area contributed by atoms with Gasteiger partial charge in [-0.15, -0.1) is 0 Å². The standard InChI is InChI=1S/C26H26ClF2N5O5/c1-26(2,38)25(37)34-14-33(21(35)10-30-3)19-7-4-15(8-20(19)34)11-32-13-31-23(22(27)24(32)36)39-12-16-5-6-17(28)9-18(16)29/h4-9,13,30,38H,10-12,14H2,1-3H3. The van der Waals surface area contributed by atoms with Gasteiger partial charge in [0.05, 0.1) is 24.5 Å². The molecule has 3 aromatic rings. The molecule has 0 unspecified atom stereocenters. The molecule has 2 N–H and O–H groups in total. The van der Waals surface area contributed by atoms with Crippen LogP contribution in [0.15, 0.2) is 47.5 Å². The van der Waals surface area contributed by atoms with Crippen LogP contribution < -0.4 is 25.4 Å². The van der Waals surface area contributed by atoms with Crippen LogP contribution in [0.3, 0.4) is 0 Å². The van der Waals surface area contributed by atoms with Crippen molar-refractivity contribution in [3.63, 3.8) is 0 Å². The lowest BCUT2D eigenvalue weighted by atomic mass is 10.1. The number of likely N-dealkylation sites (N-methyl/N-ethyl adjacent to an activating group) is 1. The van der Waals surface area contributed by atoms with Gasteiger partial charge in [-0.1, -0.05) is 17.7 Å². The number of hydrogen-bond donors (Lipinski definition) is 2. The first kappa shape index (κ1) is 28.1. The number of hydrogen-bond acceptors (Lipinski definition) is 7. The molecule has 1 aromatic heterocycles. The summed E-state index contributed by atoms with van der Waals surface area (Å²) in [7, 11) is 1.63. The van der Waals surface area contributed by atoms with E-state index < -0.39 is 28.7 Å². The number of ether oxygens (including phenoxy) is 1. The van der Waals surface area contributed by atoms with Gasteiger partial charge in [-0.3, -0.25) is 28.8 Å². The average Bonchev–Trinajstić information content (AvgIpc) is 3.25. The third-order valence-corrected chi connectivity index (χ3v) is 6.31. The van der Waals surface area contributed by atoms with E-state index in [4.69, 9.17) is 16.3 Å². The Morgan fingerprint density at radius 1 is 1.15 bits per heavy atom. The third kappa shape index (κ3) is 5.92. The highest BCUT2D eigenvalue weighted by Crippen LogP contribution is 2.38. The summed E-state index contributed by atoms with van der Waals surface area (Å²) in [6, 6.07) is 8.01. The Kier molecular flexibility index (Phi) is 8.00. The van der Waals surface area contributed by atoms with Crippen molar-refractivity contribution in [1.82, 2.24) is 14.9 Å². The van der Waals surface area contributed by atoms with Gasteiger partial charge in [0.25, 0.3) is 11.5 Å². The number of amides is 2. The maximum atomic E-state index is 13.9. The molecule has 0 fully saturated rings. The fourth-order valence-electron chi connectivity index (χ4n) is 4.01. The number of fused-ring (bicyclic) bond motifs is 1. The molecule has 206 valence electrons. The Labute approximate surface area is 227 Å². The van der Waals surface area contributed by atoms with Crippen molar-refractivity contribution in [3.05, 3.63) is 80.9 Å². The van der Waals surface area contributed by atoms with Crippen LogP contribution >= 0.6 is 11.6 Å². The van der Waals surface area contributed by atoms with Crippen molar-refractivity contribution in [3.8, 4) is 5.88 Å². The molecule has 0 spiro atoms. The van der Waals surface area contributed by atoms with Crippen molar-refractivity contribution in [1.29, 1.82) is 0 Å². The molecule has 2 aromatic carbocycles. The summed E-state index contributed by atoms with van der Waals surface area (Å²) < 4.78 is 33.6. The number of aliphatic hydroxyl groups is 1. The van der Waals surface area contributed by atoms with E-state index in [0.29, 0.717) is 23.0 Å². The van der Waals surface area contributed by atoms with Gasteiger partial charge in [0.2, 0.25) is 11.8 Å². The van der Waals surface area contributed by atoms with E-state index in [0.717, 1.165) is 6.07 Å². The fourth-order valence-corrected chi connectivity index (χ4v) is 4.22. The first-order valence-electron chi connectivity index (χ1n) is 11.8. The molecule has 10 nitrogen and oxygen atoms in total. The fraction of sp³-hybridized carbons (Fsp3) is 0.308. The Morgan fingerprint density at radius 2 is 1.90 bits per heavy atom. The molecule has 1 aliphatic heterocycles. The number of nitrogens with zero attached hydrogens (tertiary/aromatic N) is 4. The average molecular weight is 562 g/mol. The largest absolute Gasteiger partial charge is 0.471 e. The third-order valence-electron chi connectivity index (χ3n) is 5.99. The van der Waals surface area contributed by atoms with E-state index in [9.17, 15) is 28.3 Å². The SMILES string of the molecule is CNCC(=O)N1CN(C(=O)C(C)(C)O)c2cc(Cn3cnc(OCc4ccc(F)cc4F)c(Cl)c3=O)ccc21. The Morgan fingerprint density at radius 3 is 2.56 bits per heavy atom. The van der Waals surface area contributed by atoms with Gasteiger partial charge < -0.3 is 15.2 Å². The zero-order valence-electron chi connectivity index (χ0n) is 21.4. The summed E-state index contributed by atoms with van der Waals surface area (Å²) in [5.74, 6) is -2.61. The highest BCUT2D eigenvalue weighted by atomic mass is 35.5. The van der Waals surface area contributed by atoms with Crippen molar-refractivity contribution >= 4 is 34.8 Å². The molecule has 2 amide bonds. The number of carbonyl (C=O) groups excluding carboxylic acids is 2. The number of anilines is 2. The summed E-state index contributed by atoms with van der Waals surface area (Å²) in [5, 5.41) is 12.8. The number of benzene rings is 2. The first-order chi connectivity index (χ1) is 18.4. The second-order valence-electron chi connectivity index (χ2n) is 9.43. The maximum Gasteiger partial charge on any atom is 0.276 e. The van der Waals surface area contributed by atoms with Gasteiger partial charge in [0, 0.05) is 11.6 Å². The van der Waals surface area contributed by atoms with Gasteiger partial charge in [-0.05, 0) is 50.7 Å². The van der Waals surface area contributed by atoms with Crippen molar-refractivity contribution in [2.75, 3.05) is 30.1 Å². The summed E-state index contributed by atoms with van der Waals surface area (Å²) in [6.07, 6.45) is 1.21. The minimum absolute atomic E-state index is 0.0146. The number of rotatable bonds is 8. The molecule has 0 aliphatic carbocycles. The molecule has 0 saturated heterocycles. The molecule has 0 bridgehead atoms. The number of halogens is 3.